The van der Waals surface area contributed by atoms with Crippen LogP contribution >= 0.6 is 71.0 Å². The number of imide groups is 2. The number of ketones is 1. The second-order valence-electron chi connectivity index (χ2n) is 11.2. The van der Waals surface area contributed by atoms with Crippen LogP contribution in [0.15, 0.2) is 50.9 Å². The molecule has 0 bridgehead atoms. The Labute approximate surface area is 287 Å². The number of amides is 4. The molecule has 4 aliphatic rings. The summed E-state index contributed by atoms with van der Waals surface area (Å²) in [4.78, 5) is 65.7. The summed E-state index contributed by atoms with van der Waals surface area (Å²) in [5.41, 5.74) is 1.60. The van der Waals surface area contributed by atoms with E-state index in [2.05, 4.69) is 47.8 Å². The van der Waals surface area contributed by atoms with Gasteiger partial charge in [-0.2, -0.15) is 0 Å². The maximum atomic E-state index is 14.2. The summed E-state index contributed by atoms with van der Waals surface area (Å²) in [7, 11) is 1.37. The van der Waals surface area contributed by atoms with Crippen LogP contribution in [0.25, 0.3) is 0 Å². The van der Waals surface area contributed by atoms with Crippen LogP contribution in [0, 0.1) is 17.8 Å². The number of phenols is 1. The Hall–Kier alpha value is -2.25. The molecule has 3 fully saturated rings. The number of benzene rings is 2. The van der Waals surface area contributed by atoms with Crippen molar-refractivity contribution in [1.82, 2.24) is 4.90 Å². The molecule has 6 rings (SSSR count). The molecule has 4 amide bonds. The zero-order valence-corrected chi connectivity index (χ0v) is 29.3. The van der Waals surface area contributed by atoms with Gasteiger partial charge < -0.3 is 9.84 Å². The van der Waals surface area contributed by atoms with Crippen molar-refractivity contribution in [1.29, 1.82) is 0 Å². The number of hydrogen-bond acceptors (Lipinski definition) is 7. The van der Waals surface area contributed by atoms with Crippen molar-refractivity contribution < 1.29 is 33.8 Å². The highest BCUT2D eigenvalue weighted by molar-refractivity contribution is 9.13. The minimum absolute atomic E-state index is 0.0772. The molecule has 1 N–H and O–H groups in total. The Kier molecular flexibility index (Phi) is 7.88. The summed E-state index contributed by atoms with van der Waals surface area (Å²) in [5, 5.41) is 10.7. The van der Waals surface area contributed by atoms with E-state index >= 15 is 0 Å². The van der Waals surface area contributed by atoms with E-state index in [0.29, 0.717) is 26.9 Å². The number of rotatable bonds is 5. The number of Topliss-reactive ketones (excluding diaryl/α,β-unsaturated/α-hetero) is 1. The molecule has 2 aromatic rings. The molecule has 230 valence electrons. The average Bonchev–Trinajstić information content (AvgIpc) is 3.34. The molecule has 0 spiro atoms. The number of allylic oxidation sites excluding steroid dienone is 2. The number of nitrogens with zero attached hydrogens (tertiary/aromatic N) is 2. The Morgan fingerprint density at radius 1 is 1.05 bits per heavy atom. The van der Waals surface area contributed by atoms with Crippen molar-refractivity contribution in [2.24, 2.45) is 17.8 Å². The van der Waals surface area contributed by atoms with Gasteiger partial charge in [-0.05, 0) is 93.4 Å². The van der Waals surface area contributed by atoms with Gasteiger partial charge in [0.2, 0.25) is 11.8 Å². The summed E-state index contributed by atoms with van der Waals surface area (Å²) >= 11 is 24.7. The molecule has 2 aliphatic carbocycles. The fourth-order valence-corrected chi connectivity index (χ4v) is 9.55. The van der Waals surface area contributed by atoms with Gasteiger partial charge in [-0.25, -0.2) is 0 Å². The third kappa shape index (κ3) is 4.09. The number of carbonyl (C=O) groups is 5. The summed E-state index contributed by atoms with van der Waals surface area (Å²) in [6.45, 7) is 1.42. The number of ether oxygens (including phenoxy) is 1. The summed E-state index contributed by atoms with van der Waals surface area (Å²) < 4.78 is 5.98. The first-order chi connectivity index (χ1) is 20.7. The maximum Gasteiger partial charge on any atom is 0.254 e. The first kappa shape index (κ1) is 31.7. The number of likely N-dealkylation sites (tertiary alicyclic amines) is 1. The first-order valence-electron chi connectivity index (χ1n) is 13.5. The van der Waals surface area contributed by atoms with E-state index < -0.39 is 57.0 Å². The highest BCUT2D eigenvalue weighted by Crippen LogP contribution is 2.66. The molecular weight excluding hydrogens is 811 g/mol. The van der Waals surface area contributed by atoms with Gasteiger partial charge in [0, 0.05) is 16.0 Å². The van der Waals surface area contributed by atoms with E-state index in [-0.39, 0.29) is 40.1 Å². The number of alkyl halides is 3. The number of hydrogen-bond donors (Lipinski definition) is 1. The predicted octanol–water partition coefficient (Wildman–Crippen LogP) is 6.04. The van der Waals surface area contributed by atoms with Crippen LogP contribution < -0.4 is 9.64 Å². The minimum Gasteiger partial charge on any atom is -0.503 e. The SMILES string of the molecule is COc1cc(C2C3=CCC4C(=O)N(c5ccc(C(C)=O)cc5)C(=O)C4C3CC3(Cl)C(=O)N(CBr)C(=O)C23Cl)c(Br)c(Br)c1O. The Bertz CT molecular complexity index is 1720. The Morgan fingerprint density at radius 3 is 2.30 bits per heavy atom. The lowest BCUT2D eigenvalue weighted by Crippen LogP contribution is -2.60. The van der Waals surface area contributed by atoms with Crippen molar-refractivity contribution in [3.63, 3.8) is 0 Å². The van der Waals surface area contributed by atoms with Gasteiger partial charge in [-0.3, -0.25) is 33.8 Å². The molecule has 44 heavy (non-hydrogen) atoms. The van der Waals surface area contributed by atoms with Gasteiger partial charge in [-0.15, -0.1) is 23.2 Å². The normalized spacial score (nSPS) is 31.1. The van der Waals surface area contributed by atoms with Crippen LogP contribution in [0.5, 0.6) is 11.5 Å². The maximum absolute atomic E-state index is 14.2. The van der Waals surface area contributed by atoms with Crippen LogP contribution in [0.1, 0.15) is 41.6 Å². The largest absolute Gasteiger partial charge is 0.503 e. The van der Waals surface area contributed by atoms with E-state index in [1.165, 1.54) is 20.1 Å². The van der Waals surface area contributed by atoms with Crippen LogP contribution in [0.4, 0.5) is 5.69 Å². The van der Waals surface area contributed by atoms with E-state index in [1.807, 2.05) is 6.08 Å². The molecule has 6 atom stereocenters. The zero-order chi connectivity index (χ0) is 32.0. The van der Waals surface area contributed by atoms with Gasteiger partial charge in [0.1, 0.15) is 0 Å². The van der Waals surface area contributed by atoms with Crippen LogP contribution in [0.3, 0.4) is 0 Å². The molecule has 0 aromatic heterocycles. The van der Waals surface area contributed by atoms with E-state index in [9.17, 15) is 29.1 Å². The molecule has 9 nitrogen and oxygen atoms in total. The van der Waals surface area contributed by atoms with Crippen molar-refractivity contribution >= 4 is 106 Å². The number of halogens is 5. The first-order valence-corrected chi connectivity index (χ1v) is 16.9. The Balaban J connectivity index is 1.53. The van der Waals surface area contributed by atoms with Gasteiger partial charge in [0.25, 0.3) is 11.8 Å². The Morgan fingerprint density at radius 2 is 1.70 bits per heavy atom. The number of carbonyl (C=O) groups excluding carboxylic acids is 5. The lowest BCUT2D eigenvalue weighted by molar-refractivity contribution is -0.138. The molecular formula is C30H23Br3Cl2N2O7. The minimum atomic E-state index is -2.02. The fraction of sp³-hybridized carbons (Fsp3) is 0.367. The third-order valence-corrected chi connectivity index (χ3v) is 13.3. The molecule has 14 heteroatoms. The highest BCUT2D eigenvalue weighted by Gasteiger charge is 2.76. The standard InChI is InChI=1S/C30H23Br3Cl2N2O7/c1-12(38)13-3-5-14(6-4-13)37-25(40)16-8-7-15-18(20(16)26(37)41)10-29(34)27(42)36(11-31)28(43)30(29,35)21(15)17-9-19(44-2)24(39)23(33)22(17)32/h3-7,9,16,18,20-21,39H,8,10-11H2,1-2H3. The smallest absolute Gasteiger partial charge is 0.254 e. The van der Waals surface area contributed by atoms with Gasteiger partial charge in [0.05, 0.1) is 34.6 Å². The van der Waals surface area contributed by atoms with Crippen molar-refractivity contribution in [3.8, 4) is 11.5 Å². The number of phenolic OH excluding ortho intramolecular Hbond substituents is 1. The van der Waals surface area contributed by atoms with Crippen molar-refractivity contribution in [3.05, 3.63) is 62.1 Å². The quantitative estimate of drug-likeness (QED) is 0.128. The molecule has 2 aromatic carbocycles. The van der Waals surface area contributed by atoms with E-state index in [1.54, 1.807) is 24.3 Å². The monoisotopic (exact) mass is 830 g/mol. The van der Waals surface area contributed by atoms with Gasteiger partial charge in [-0.1, -0.05) is 27.6 Å². The second kappa shape index (κ2) is 10.9. The number of anilines is 1. The topological polar surface area (TPSA) is 121 Å². The molecule has 2 heterocycles. The second-order valence-corrected chi connectivity index (χ2v) is 14.6. The fourth-order valence-electron chi connectivity index (χ4n) is 7.18. The van der Waals surface area contributed by atoms with Crippen LogP contribution in [-0.4, -0.2) is 61.7 Å². The number of methoxy groups -OCH3 is 1. The van der Waals surface area contributed by atoms with E-state index in [4.69, 9.17) is 27.9 Å². The predicted molar refractivity (Wildman–Crippen MR) is 172 cm³/mol. The molecule has 6 unspecified atom stereocenters. The molecule has 1 saturated carbocycles. The highest BCUT2D eigenvalue weighted by atomic mass is 79.9. The van der Waals surface area contributed by atoms with Crippen LogP contribution in [0.2, 0.25) is 0 Å². The third-order valence-electron chi connectivity index (χ3n) is 9.25. The summed E-state index contributed by atoms with van der Waals surface area (Å²) in [6, 6.07) is 7.74. The summed E-state index contributed by atoms with van der Waals surface area (Å²) in [5.74, 6) is -6.00. The van der Waals surface area contributed by atoms with E-state index in [0.717, 1.165) is 9.80 Å². The lowest BCUT2D eigenvalue weighted by atomic mass is 9.56. The molecule has 2 saturated heterocycles. The lowest BCUT2D eigenvalue weighted by Gasteiger charge is -2.51. The van der Waals surface area contributed by atoms with Gasteiger partial charge in [0.15, 0.2) is 27.0 Å². The van der Waals surface area contributed by atoms with Crippen LogP contribution in [-0.2, 0) is 19.2 Å². The average molecular weight is 834 g/mol. The van der Waals surface area contributed by atoms with Gasteiger partial charge >= 0.3 is 0 Å². The molecule has 0 radical (unpaired) electrons. The summed E-state index contributed by atoms with van der Waals surface area (Å²) in [6.07, 6.45) is 1.83. The van der Waals surface area contributed by atoms with Crippen molar-refractivity contribution in [2.45, 2.75) is 35.4 Å². The molecule has 2 aliphatic heterocycles. The number of fused-ring (bicyclic) bond motifs is 4. The zero-order valence-electron chi connectivity index (χ0n) is 23.1. The number of aromatic hydroxyl groups is 1. The van der Waals surface area contributed by atoms with Crippen molar-refractivity contribution in [2.75, 3.05) is 17.5 Å².